The maximum absolute atomic E-state index is 13.0. The number of carbonyl (C=O) groups is 1. The number of aliphatic hydroxyl groups is 1. The van der Waals surface area contributed by atoms with E-state index in [4.69, 9.17) is 9.05 Å². The molecule has 0 radical (unpaired) electrons. The molecule has 3 unspecified atom stereocenters. The fraction of sp³-hybridized carbons (Fsp3) is 0.806. The molecule has 8 nitrogen and oxygen atoms in total. The Hall–Kier alpha value is -2.06. The van der Waals surface area contributed by atoms with Crippen LogP contribution in [0.5, 0.6) is 0 Å². The number of aliphatic hydroxyl groups excluding tert-OH is 1. The van der Waals surface area contributed by atoms with Crippen molar-refractivity contribution in [2.45, 2.75) is 309 Å². The number of rotatable bonds is 59. The minimum Gasteiger partial charge on any atom is -0.756 e. The van der Waals surface area contributed by atoms with Gasteiger partial charge in [0.25, 0.3) is 7.82 Å². The number of quaternary nitrogens is 1. The van der Waals surface area contributed by atoms with Crippen molar-refractivity contribution in [1.82, 2.24) is 5.32 Å². The first-order valence-corrected chi connectivity index (χ1v) is 33.8. The summed E-state index contributed by atoms with van der Waals surface area (Å²) in [5, 5.41) is 13.9. The molecular formula is C67H125N2O6P. The standard InChI is InChI=1S/C67H125N2O6P/c1-6-8-10-12-14-16-18-20-22-24-26-27-28-29-30-31-32-33-34-35-36-37-38-39-40-41-43-45-47-49-51-53-55-57-59-61-67(71)68-65(64-75-76(72,73)74-63-62-69(3,4)5)66(70)60-58-56-54-52-50-48-46-44-42-25-23-21-19-17-15-13-11-9-7-2/h18,20,24,26,28-29,42,44,50,52,58,60,65-66,70H,6-17,19,21-23,25,27,30-41,43,45-49,51,53-57,59,61-64H2,1-5H3,(H-,68,71,72,73)/b20-18-,26-24-,29-28-,44-42+,52-50+,60-58+. The largest absolute Gasteiger partial charge is 0.756 e. The van der Waals surface area contributed by atoms with Gasteiger partial charge >= 0.3 is 0 Å². The minimum atomic E-state index is -4.61. The van der Waals surface area contributed by atoms with Gasteiger partial charge in [-0.3, -0.25) is 9.36 Å². The third kappa shape index (κ3) is 59.6. The van der Waals surface area contributed by atoms with Crippen LogP contribution in [0.1, 0.15) is 296 Å². The summed E-state index contributed by atoms with van der Waals surface area (Å²) in [6.07, 6.45) is 80.1. The van der Waals surface area contributed by atoms with Crippen LogP contribution in [0, 0.1) is 0 Å². The van der Waals surface area contributed by atoms with E-state index in [-0.39, 0.29) is 12.5 Å². The van der Waals surface area contributed by atoms with Crippen molar-refractivity contribution in [3.8, 4) is 0 Å². The molecule has 0 fully saturated rings. The van der Waals surface area contributed by atoms with Gasteiger partial charge in [-0.2, -0.15) is 0 Å². The Morgan fingerprint density at radius 2 is 0.776 bits per heavy atom. The topological polar surface area (TPSA) is 108 Å². The molecule has 3 atom stereocenters. The molecule has 0 aromatic carbocycles. The van der Waals surface area contributed by atoms with E-state index in [1.807, 2.05) is 27.2 Å². The van der Waals surface area contributed by atoms with Crippen molar-refractivity contribution in [3.63, 3.8) is 0 Å². The maximum atomic E-state index is 13.0. The smallest absolute Gasteiger partial charge is 0.268 e. The zero-order valence-electron chi connectivity index (χ0n) is 50.7. The molecule has 0 saturated carbocycles. The van der Waals surface area contributed by atoms with E-state index in [1.54, 1.807) is 6.08 Å². The van der Waals surface area contributed by atoms with Gasteiger partial charge in [-0.25, -0.2) is 0 Å². The van der Waals surface area contributed by atoms with Crippen molar-refractivity contribution in [2.24, 2.45) is 0 Å². The third-order valence-corrected chi connectivity index (χ3v) is 15.3. The average molecular weight is 1090 g/mol. The molecule has 0 aromatic heterocycles. The molecule has 0 saturated heterocycles. The zero-order chi connectivity index (χ0) is 55.6. The highest BCUT2D eigenvalue weighted by molar-refractivity contribution is 7.45. The van der Waals surface area contributed by atoms with E-state index in [0.717, 1.165) is 57.8 Å². The normalized spacial score (nSPS) is 14.2. The highest BCUT2D eigenvalue weighted by atomic mass is 31.2. The first kappa shape index (κ1) is 73.9. The minimum absolute atomic E-state index is 0.00983. The summed E-state index contributed by atoms with van der Waals surface area (Å²) >= 11 is 0. The number of hydrogen-bond donors (Lipinski definition) is 2. The molecule has 9 heteroatoms. The average Bonchev–Trinajstić information content (AvgIpc) is 3.38. The zero-order valence-corrected chi connectivity index (χ0v) is 51.6. The Kier molecular flexibility index (Phi) is 56.1. The number of likely N-dealkylation sites (N-methyl/N-ethyl adjacent to an activating group) is 1. The van der Waals surface area contributed by atoms with Gasteiger partial charge in [0.15, 0.2) is 0 Å². The lowest BCUT2D eigenvalue weighted by Gasteiger charge is -2.29. The van der Waals surface area contributed by atoms with Gasteiger partial charge < -0.3 is 28.8 Å². The molecule has 2 N–H and O–H groups in total. The van der Waals surface area contributed by atoms with Crippen molar-refractivity contribution >= 4 is 13.7 Å². The summed E-state index contributed by atoms with van der Waals surface area (Å²) in [7, 11) is 1.24. The molecule has 444 valence electrons. The van der Waals surface area contributed by atoms with Crippen LogP contribution in [0.3, 0.4) is 0 Å². The van der Waals surface area contributed by atoms with Crippen LogP contribution < -0.4 is 10.2 Å². The van der Waals surface area contributed by atoms with Crippen molar-refractivity contribution in [2.75, 3.05) is 40.9 Å². The van der Waals surface area contributed by atoms with Gasteiger partial charge in [-0.05, 0) is 83.5 Å². The fourth-order valence-corrected chi connectivity index (χ4v) is 10.0. The van der Waals surface area contributed by atoms with Gasteiger partial charge in [-0.1, -0.05) is 279 Å². The second-order valence-corrected chi connectivity index (χ2v) is 24.5. The van der Waals surface area contributed by atoms with Gasteiger partial charge in [0.2, 0.25) is 5.91 Å². The molecule has 0 heterocycles. The first-order chi connectivity index (χ1) is 37.0. The van der Waals surface area contributed by atoms with Crippen molar-refractivity contribution < 1.29 is 32.9 Å². The SMILES string of the molecule is CCCCCCC/C=C\C/C=C\C/C=C\CCCCCCCCCCCCCCCCCCCCCCC(=O)NC(COP(=O)([O-])OCC[N+](C)(C)C)C(O)/C=C/CC/C=C/CC/C=C/CCCCCCCCCCC. The molecule has 0 bridgehead atoms. The van der Waals surface area contributed by atoms with Crippen LogP contribution in [0.2, 0.25) is 0 Å². The Bertz CT molecular complexity index is 1470. The Balaban J connectivity index is 4.07. The number of phosphoric ester groups is 1. The van der Waals surface area contributed by atoms with E-state index in [1.165, 1.54) is 218 Å². The monoisotopic (exact) mass is 1080 g/mol. The molecule has 0 aliphatic heterocycles. The molecule has 1 amide bonds. The highest BCUT2D eigenvalue weighted by Crippen LogP contribution is 2.38. The number of amides is 1. The quantitative estimate of drug-likeness (QED) is 0.0272. The van der Waals surface area contributed by atoms with Crippen LogP contribution in [-0.2, 0) is 18.4 Å². The Morgan fingerprint density at radius 1 is 0.461 bits per heavy atom. The van der Waals surface area contributed by atoms with Crippen LogP contribution >= 0.6 is 7.82 Å². The fourth-order valence-electron chi connectivity index (χ4n) is 9.31. The molecule has 0 aliphatic rings. The third-order valence-electron chi connectivity index (χ3n) is 14.4. The molecule has 0 aromatic rings. The van der Waals surface area contributed by atoms with Gasteiger partial charge in [-0.15, -0.1) is 0 Å². The first-order valence-electron chi connectivity index (χ1n) is 32.3. The van der Waals surface area contributed by atoms with Crippen LogP contribution in [-0.4, -0.2) is 68.5 Å². The highest BCUT2D eigenvalue weighted by Gasteiger charge is 2.23. The summed E-state index contributed by atoms with van der Waals surface area (Å²) in [5.74, 6) is -0.209. The summed E-state index contributed by atoms with van der Waals surface area (Å²) < 4.78 is 23.4. The predicted octanol–water partition coefficient (Wildman–Crippen LogP) is 19.6. The second-order valence-electron chi connectivity index (χ2n) is 23.1. The van der Waals surface area contributed by atoms with E-state index in [9.17, 15) is 19.4 Å². The van der Waals surface area contributed by atoms with Crippen molar-refractivity contribution in [1.29, 1.82) is 0 Å². The van der Waals surface area contributed by atoms with Gasteiger partial charge in [0.1, 0.15) is 13.2 Å². The summed E-state index contributed by atoms with van der Waals surface area (Å²) in [5.41, 5.74) is 0. The van der Waals surface area contributed by atoms with E-state index in [0.29, 0.717) is 17.4 Å². The summed E-state index contributed by atoms with van der Waals surface area (Å²) in [6.45, 7) is 4.63. The molecule has 76 heavy (non-hydrogen) atoms. The number of nitrogens with zero attached hydrogens (tertiary/aromatic N) is 1. The number of unbranched alkanes of at least 4 members (excludes halogenated alkanes) is 36. The van der Waals surface area contributed by atoms with E-state index in [2.05, 4.69) is 79.9 Å². The number of nitrogens with one attached hydrogen (secondary N) is 1. The lowest BCUT2D eigenvalue weighted by molar-refractivity contribution is -0.870. The van der Waals surface area contributed by atoms with E-state index >= 15 is 0 Å². The number of allylic oxidation sites excluding steroid dienone is 11. The molecular weight excluding hydrogens is 960 g/mol. The van der Waals surface area contributed by atoms with Gasteiger partial charge in [0, 0.05) is 6.42 Å². The predicted molar refractivity (Wildman–Crippen MR) is 330 cm³/mol. The van der Waals surface area contributed by atoms with Crippen molar-refractivity contribution in [3.05, 3.63) is 72.9 Å². The Morgan fingerprint density at radius 3 is 1.16 bits per heavy atom. The number of phosphoric acid groups is 1. The Labute approximate surface area is 472 Å². The van der Waals surface area contributed by atoms with E-state index < -0.39 is 26.6 Å². The summed E-state index contributed by atoms with van der Waals surface area (Å²) in [6, 6.07) is -0.912. The number of hydrogen-bond acceptors (Lipinski definition) is 6. The van der Waals surface area contributed by atoms with Crippen LogP contribution in [0.4, 0.5) is 0 Å². The van der Waals surface area contributed by atoms with Crippen LogP contribution in [0.25, 0.3) is 0 Å². The molecule has 0 rings (SSSR count). The second kappa shape index (κ2) is 57.6. The summed E-state index contributed by atoms with van der Waals surface area (Å²) in [4.78, 5) is 25.5. The van der Waals surface area contributed by atoms with Crippen LogP contribution in [0.15, 0.2) is 72.9 Å². The number of carbonyl (C=O) groups excluding carboxylic acids is 1. The lowest BCUT2D eigenvalue weighted by Crippen LogP contribution is -2.45. The van der Waals surface area contributed by atoms with Gasteiger partial charge in [0.05, 0.1) is 39.9 Å². The maximum Gasteiger partial charge on any atom is 0.268 e. The molecule has 0 aliphatic carbocycles. The molecule has 0 spiro atoms. The lowest BCUT2D eigenvalue weighted by atomic mass is 10.0.